The van der Waals surface area contributed by atoms with Crippen molar-refractivity contribution in [2.45, 2.75) is 72.0 Å². The highest BCUT2D eigenvalue weighted by molar-refractivity contribution is 6.31. The summed E-state index contributed by atoms with van der Waals surface area (Å²) in [5.41, 5.74) is 4.12. The number of Topliss-reactive ketones (excluding diaryl/α,β-unsaturated/α-hetero) is 1. The fourth-order valence-electron chi connectivity index (χ4n) is 5.40. The molecule has 1 aromatic carbocycles. The molecule has 0 aliphatic carbocycles. The molecule has 2 aliphatic heterocycles. The van der Waals surface area contributed by atoms with Gasteiger partial charge in [0.05, 0.1) is 12.5 Å². The molecule has 2 saturated heterocycles. The summed E-state index contributed by atoms with van der Waals surface area (Å²) in [6.45, 7) is 6.46. The van der Waals surface area contributed by atoms with E-state index < -0.39 is 6.04 Å². The Bertz CT molecular complexity index is 1160. The van der Waals surface area contributed by atoms with Crippen LogP contribution in [0.3, 0.4) is 0 Å². The normalized spacial score (nSPS) is 18.6. The Morgan fingerprint density at radius 3 is 2.43 bits per heavy atom. The van der Waals surface area contributed by atoms with E-state index in [4.69, 9.17) is 11.6 Å². The second-order valence-electron chi connectivity index (χ2n) is 10.3. The molecule has 200 valence electrons. The lowest BCUT2D eigenvalue weighted by Crippen LogP contribution is -2.50. The lowest BCUT2D eigenvalue weighted by atomic mass is 9.98. The lowest BCUT2D eigenvalue weighted by Gasteiger charge is -2.39. The Balaban J connectivity index is 0.00000380. The molecule has 3 heterocycles. The summed E-state index contributed by atoms with van der Waals surface area (Å²) in [7, 11) is 3.40. The van der Waals surface area contributed by atoms with Crippen molar-refractivity contribution in [1.29, 1.82) is 0 Å². The number of rotatable bonds is 7. The molecule has 0 radical (unpaired) electrons. The van der Waals surface area contributed by atoms with Gasteiger partial charge in [-0.2, -0.15) is 0 Å². The van der Waals surface area contributed by atoms with Crippen molar-refractivity contribution < 1.29 is 14.4 Å². The third-order valence-electron chi connectivity index (χ3n) is 7.22. The molecule has 1 atom stereocenters. The van der Waals surface area contributed by atoms with Gasteiger partial charge < -0.3 is 9.80 Å². The number of carbonyl (C=O) groups is 3. The number of piperidine rings is 1. The summed E-state index contributed by atoms with van der Waals surface area (Å²) < 4.78 is 0. The Morgan fingerprint density at radius 2 is 1.78 bits per heavy atom. The van der Waals surface area contributed by atoms with Crippen molar-refractivity contribution in [3.63, 3.8) is 0 Å². The smallest absolute Gasteiger partial charge is 0.253 e. The SMILES string of the molecule is C.Cc1cc(C(=O)N(C)C)cc(CC(=O)[C@H]2CCC(=O)N2C2CCN(Cc3ccc(Cl)c(C)c3)CC2)n1. The molecule has 2 aromatic rings. The second kappa shape index (κ2) is 12.2. The first-order valence-electron chi connectivity index (χ1n) is 12.6. The predicted octanol–water partition coefficient (Wildman–Crippen LogP) is 4.46. The number of aryl methyl sites for hydroxylation is 2. The number of benzene rings is 1. The molecule has 8 heteroatoms. The highest BCUT2D eigenvalue weighted by atomic mass is 35.5. The third-order valence-corrected chi connectivity index (χ3v) is 7.65. The minimum atomic E-state index is -0.414. The maximum absolute atomic E-state index is 13.4. The summed E-state index contributed by atoms with van der Waals surface area (Å²) in [5, 5.41) is 0.780. The van der Waals surface area contributed by atoms with Crippen LogP contribution in [0.1, 0.15) is 66.0 Å². The second-order valence-corrected chi connectivity index (χ2v) is 10.7. The summed E-state index contributed by atoms with van der Waals surface area (Å²) in [5.74, 6) is -0.0468. The summed E-state index contributed by atoms with van der Waals surface area (Å²) in [6.07, 6.45) is 2.79. The van der Waals surface area contributed by atoms with E-state index in [0.29, 0.717) is 29.8 Å². The van der Waals surface area contributed by atoms with Crippen LogP contribution in [0.25, 0.3) is 0 Å². The zero-order valence-corrected chi connectivity index (χ0v) is 22.3. The molecule has 0 saturated carbocycles. The summed E-state index contributed by atoms with van der Waals surface area (Å²) in [6, 6.07) is 9.24. The highest BCUT2D eigenvalue weighted by Crippen LogP contribution is 2.29. The number of ketones is 1. The van der Waals surface area contributed by atoms with Crippen LogP contribution in [0.5, 0.6) is 0 Å². The number of amides is 2. The average Bonchev–Trinajstić information content (AvgIpc) is 3.22. The number of likely N-dealkylation sites (tertiary alicyclic amines) is 2. The van der Waals surface area contributed by atoms with Crippen LogP contribution >= 0.6 is 11.6 Å². The molecule has 2 aliphatic rings. The molecular weight excluding hydrogens is 488 g/mol. The van der Waals surface area contributed by atoms with Gasteiger partial charge >= 0.3 is 0 Å². The van der Waals surface area contributed by atoms with Gasteiger partial charge in [-0.15, -0.1) is 0 Å². The molecule has 37 heavy (non-hydrogen) atoms. The number of pyridine rings is 1. The van der Waals surface area contributed by atoms with Gasteiger partial charge in [-0.25, -0.2) is 0 Å². The monoisotopic (exact) mass is 526 g/mol. The number of hydrogen-bond donors (Lipinski definition) is 0. The Kier molecular flexibility index (Phi) is 9.48. The van der Waals surface area contributed by atoms with E-state index >= 15 is 0 Å². The van der Waals surface area contributed by atoms with Gasteiger partial charge in [0.1, 0.15) is 0 Å². The van der Waals surface area contributed by atoms with Crippen molar-refractivity contribution in [2.24, 2.45) is 0 Å². The zero-order valence-electron chi connectivity index (χ0n) is 21.6. The minimum absolute atomic E-state index is 0. The third kappa shape index (κ3) is 6.76. The first kappa shape index (κ1) is 28.8. The van der Waals surface area contributed by atoms with Crippen LogP contribution in [-0.4, -0.2) is 76.5 Å². The topological polar surface area (TPSA) is 73.8 Å². The number of carbonyl (C=O) groups excluding carboxylic acids is 3. The zero-order chi connectivity index (χ0) is 26.0. The number of halogens is 1. The molecule has 2 fully saturated rings. The van der Waals surface area contributed by atoms with E-state index in [0.717, 1.165) is 43.1 Å². The quantitative estimate of drug-likeness (QED) is 0.532. The molecule has 0 unspecified atom stereocenters. The molecule has 4 rings (SSSR count). The average molecular weight is 527 g/mol. The van der Waals surface area contributed by atoms with E-state index in [1.165, 1.54) is 10.5 Å². The predicted molar refractivity (Wildman–Crippen MR) is 147 cm³/mol. The minimum Gasteiger partial charge on any atom is -0.345 e. The molecule has 0 spiro atoms. The van der Waals surface area contributed by atoms with E-state index in [-0.39, 0.29) is 37.5 Å². The fraction of sp³-hybridized carbons (Fsp3) is 0.517. The maximum atomic E-state index is 13.4. The van der Waals surface area contributed by atoms with Crippen LogP contribution < -0.4 is 0 Å². The van der Waals surface area contributed by atoms with Crippen LogP contribution in [0, 0.1) is 13.8 Å². The first-order chi connectivity index (χ1) is 17.1. The number of hydrogen-bond acceptors (Lipinski definition) is 5. The van der Waals surface area contributed by atoms with E-state index in [1.807, 2.05) is 24.8 Å². The van der Waals surface area contributed by atoms with Gasteiger partial charge in [-0.3, -0.25) is 24.3 Å². The summed E-state index contributed by atoms with van der Waals surface area (Å²) in [4.78, 5) is 48.9. The Hall–Kier alpha value is -2.77. The number of nitrogens with zero attached hydrogens (tertiary/aromatic N) is 4. The molecular formula is C29H39ClN4O3. The van der Waals surface area contributed by atoms with Crippen LogP contribution in [-0.2, 0) is 22.6 Å². The molecule has 7 nitrogen and oxygen atoms in total. The van der Waals surface area contributed by atoms with Crippen LogP contribution in [0.15, 0.2) is 30.3 Å². The van der Waals surface area contributed by atoms with Gasteiger partial charge in [0, 0.05) is 68.2 Å². The van der Waals surface area contributed by atoms with Crippen molar-refractivity contribution in [2.75, 3.05) is 27.2 Å². The van der Waals surface area contributed by atoms with Gasteiger partial charge in [-0.05, 0) is 62.4 Å². The first-order valence-corrected chi connectivity index (χ1v) is 13.0. The molecule has 0 bridgehead atoms. The highest BCUT2D eigenvalue weighted by Gasteiger charge is 2.41. The fourth-order valence-corrected chi connectivity index (χ4v) is 5.52. The van der Waals surface area contributed by atoms with Crippen molar-refractivity contribution in [3.05, 3.63) is 63.4 Å². The molecule has 1 aromatic heterocycles. The lowest BCUT2D eigenvalue weighted by molar-refractivity contribution is -0.137. The standard InChI is InChI=1S/C28H35ClN4O3.CH4/c1-18-13-20(5-6-24(18)29)17-32-11-9-23(10-12-32)33-25(7-8-27(33)35)26(34)16-22-15-21(14-19(2)30-22)28(36)31(3)4;/h5-6,13-15,23,25H,7-12,16-17H2,1-4H3;1H4/t25-;/m1./s1. The van der Waals surface area contributed by atoms with Crippen molar-refractivity contribution in [3.8, 4) is 0 Å². The van der Waals surface area contributed by atoms with Crippen molar-refractivity contribution >= 4 is 29.2 Å². The van der Waals surface area contributed by atoms with Gasteiger partial charge in [0.2, 0.25) is 5.91 Å². The largest absolute Gasteiger partial charge is 0.345 e. The van der Waals surface area contributed by atoms with E-state index in [9.17, 15) is 14.4 Å². The maximum Gasteiger partial charge on any atom is 0.253 e. The number of aromatic nitrogens is 1. The molecule has 2 amide bonds. The van der Waals surface area contributed by atoms with Gasteiger partial charge in [0.25, 0.3) is 5.91 Å². The van der Waals surface area contributed by atoms with Crippen LogP contribution in [0.2, 0.25) is 5.02 Å². The Morgan fingerprint density at radius 1 is 1.08 bits per heavy atom. The van der Waals surface area contributed by atoms with Crippen LogP contribution in [0.4, 0.5) is 0 Å². The van der Waals surface area contributed by atoms with E-state index in [2.05, 4.69) is 22.0 Å². The van der Waals surface area contributed by atoms with Gasteiger partial charge in [0.15, 0.2) is 5.78 Å². The molecule has 0 N–H and O–H groups in total. The Labute approximate surface area is 225 Å². The van der Waals surface area contributed by atoms with Crippen molar-refractivity contribution in [1.82, 2.24) is 19.7 Å². The van der Waals surface area contributed by atoms with E-state index in [1.54, 1.807) is 26.2 Å². The van der Waals surface area contributed by atoms with Gasteiger partial charge in [-0.1, -0.05) is 31.2 Å². The summed E-state index contributed by atoms with van der Waals surface area (Å²) >= 11 is 6.16.